The molecule has 240 valence electrons. The first kappa shape index (κ1) is 29.9. The van der Waals surface area contributed by atoms with Crippen molar-refractivity contribution in [3.8, 4) is 17.3 Å². The Bertz CT molecular complexity index is 1850. The highest BCUT2D eigenvalue weighted by molar-refractivity contribution is 5.90. The van der Waals surface area contributed by atoms with E-state index in [0.717, 1.165) is 0 Å². The summed E-state index contributed by atoms with van der Waals surface area (Å²) in [7, 11) is 0. The molecule has 2 unspecified atom stereocenters. The highest BCUT2D eigenvalue weighted by atomic mass is 19.1. The molecule has 7 rings (SSSR count). The maximum Gasteiger partial charge on any atom is 0.249 e. The van der Waals surface area contributed by atoms with Crippen molar-refractivity contribution in [1.29, 1.82) is 0 Å². The first-order chi connectivity index (χ1) is 22.0. The van der Waals surface area contributed by atoms with Crippen molar-refractivity contribution in [2.75, 3.05) is 5.32 Å². The Kier molecular flexibility index (Phi) is 7.13. The predicted octanol–water partition coefficient (Wildman–Crippen LogP) is 3.31. The normalized spacial score (nSPS) is 23.5. The van der Waals surface area contributed by atoms with E-state index in [1.54, 1.807) is 32.0 Å². The van der Waals surface area contributed by atoms with Crippen molar-refractivity contribution in [2.45, 2.75) is 70.6 Å². The molecule has 46 heavy (non-hydrogen) atoms. The van der Waals surface area contributed by atoms with Gasteiger partial charge in [0.05, 0.1) is 6.61 Å². The average Bonchev–Trinajstić information content (AvgIpc) is 3.79. The molecular weight excluding hydrogens is 597 g/mol. The van der Waals surface area contributed by atoms with E-state index in [0.29, 0.717) is 28.1 Å². The number of fused-ring (bicyclic) bond motifs is 4. The van der Waals surface area contributed by atoms with Crippen molar-refractivity contribution in [1.82, 2.24) is 20.6 Å². The van der Waals surface area contributed by atoms with Crippen molar-refractivity contribution in [2.24, 2.45) is 11.8 Å². The molecule has 3 aliphatic heterocycles. The van der Waals surface area contributed by atoms with Gasteiger partial charge < -0.3 is 39.7 Å². The van der Waals surface area contributed by atoms with E-state index < -0.39 is 47.5 Å². The molecular formula is C33H34FN5O7. The van der Waals surface area contributed by atoms with Gasteiger partial charge in [0, 0.05) is 23.2 Å². The molecule has 5 N–H and O–H groups in total. The number of aliphatic hydroxyl groups is 2. The van der Waals surface area contributed by atoms with E-state index in [2.05, 4.69) is 20.9 Å². The number of carbonyl (C=O) groups is 2. The summed E-state index contributed by atoms with van der Waals surface area (Å²) in [4.78, 5) is 36.2. The average molecular weight is 632 g/mol. The van der Waals surface area contributed by atoms with Gasteiger partial charge in [-0.05, 0) is 41.7 Å². The lowest BCUT2D eigenvalue weighted by molar-refractivity contribution is -0.135. The maximum atomic E-state index is 15.1. The Hall–Kier alpha value is -4.75. The van der Waals surface area contributed by atoms with Crippen LogP contribution in [0.2, 0.25) is 0 Å². The van der Waals surface area contributed by atoms with Crippen LogP contribution in [-0.4, -0.2) is 50.4 Å². The third-order valence-corrected chi connectivity index (χ3v) is 8.92. The number of aromatic nitrogens is 2. The van der Waals surface area contributed by atoms with Crippen LogP contribution in [0.1, 0.15) is 67.8 Å². The number of hydrogen-bond acceptors (Lipinski definition) is 10. The number of carbonyl (C=O) groups excluding carboxylic acids is 2. The summed E-state index contributed by atoms with van der Waals surface area (Å²) in [6.45, 7) is 6.82. The molecule has 1 spiro atoms. The molecule has 2 amide bonds. The van der Waals surface area contributed by atoms with Crippen LogP contribution in [0.3, 0.4) is 0 Å². The molecule has 12 nitrogen and oxygen atoms in total. The topological polar surface area (TPSA) is 172 Å². The quantitative estimate of drug-likeness (QED) is 0.213. The number of hydrogen-bond donors (Lipinski definition) is 5. The van der Waals surface area contributed by atoms with Gasteiger partial charge in [0.1, 0.15) is 47.1 Å². The molecule has 5 atom stereocenters. The van der Waals surface area contributed by atoms with Crippen molar-refractivity contribution in [3.63, 3.8) is 0 Å². The number of rotatable bonds is 6. The molecule has 13 heteroatoms. The van der Waals surface area contributed by atoms with E-state index in [1.807, 2.05) is 19.9 Å². The van der Waals surface area contributed by atoms with Crippen LogP contribution in [0.15, 0.2) is 51.5 Å². The standard InChI is InChI=1S/C33H34FN5O7/c1-14(2)24-31-39-25(30-35-18(12-40)13-44-30)27(46-31)33-19-11-17(34)6-7-21(19)37-32(33)45-23-8-5-16(9-20(23)33)10-22(28(42)38-24)36-29(43)26(41)15(3)4/h5-9,11,13-15,22,24,26,32,37,40-41H,10,12H2,1-4H3,(H,36,43)(H,38,42)/t22-,24?,26-,32?,33-/m0/s1. The molecule has 4 bridgehead atoms. The molecule has 2 aromatic heterocycles. The fourth-order valence-corrected chi connectivity index (χ4v) is 6.51. The first-order valence-electron chi connectivity index (χ1n) is 15.2. The number of nitrogens with zero attached hydrogens (tertiary/aromatic N) is 2. The second kappa shape index (κ2) is 11.0. The van der Waals surface area contributed by atoms with E-state index in [1.165, 1.54) is 18.4 Å². The third kappa shape index (κ3) is 4.56. The van der Waals surface area contributed by atoms with Crippen LogP contribution >= 0.6 is 0 Å². The van der Waals surface area contributed by atoms with Gasteiger partial charge >= 0.3 is 0 Å². The van der Waals surface area contributed by atoms with Gasteiger partial charge in [-0.3, -0.25) is 9.59 Å². The van der Waals surface area contributed by atoms with Gasteiger partial charge in [-0.1, -0.05) is 39.8 Å². The fraction of sp³-hybridized carbons (Fsp3) is 0.394. The van der Waals surface area contributed by atoms with Crippen molar-refractivity contribution in [3.05, 3.63) is 82.5 Å². The van der Waals surface area contributed by atoms with Crippen LogP contribution in [0.25, 0.3) is 11.6 Å². The molecule has 3 aliphatic rings. The number of ether oxygens (including phenoxy) is 1. The Morgan fingerprint density at radius 1 is 1.13 bits per heavy atom. The Morgan fingerprint density at radius 2 is 1.93 bits per heavy atom. The van der Waals surface area contributed by atoms with Gasteiger partial charge in [-0.15, -0.1) is 0 Å². The molecule has 0 saturated carbocycles. The number of amides is 2. The lowest BCUT2D eigenvalue weighted by Gasteiger charge is -2.29. The van der Waals surface area contributed by atoms with Crippen molar-refractivity contribution < 1.29 is 37.8 Å². The molecule has 2 aromatic carbocycles. The van der Waals surface area contributed by atoms with Gasteiger partial charge in [0.15, 0.2) is 17.7 Å². The Morgan fingerprint density at radius 3 is 2.65 bits per heavy atom. The van der Waals surface area contributed by atoms with Crippen LogP contribution in [0, 0.1) is 17.7 Å². The molecule has 0 fully saturated rings. The largest absolute Gasteiger partial charge is 0.469 e. The minimum absolute atomic E-state index is 0.0631. The highest BCUT2D eigenvalue weighted by Gasteiger charge is 2.61. The van der Waals surface area contributed by atoms with E-state index >= 15 is 4.39 Å². The number of nitrogens with one attached hydrogen (secondary N) is 3. The van der Waals surface area contributed by atoms with Gasteiger partial charge in [-0.2, -0.15) is 0 Å². The highest BCUT2D eigenvalue weighted by Crippen LogP contribution is 2.59. The maximum absolute atomic E-state index is 15.1. The zero-order valence-electron chi connectivity index (χ0n) is 25.6. The van der Waals surface area contributed by atoms with Crippen LogP contribution in [0.4, 0.5) is 10.1 Å². The summed E-state index contributed by atoms with van der Waals surface area (Å²) < 4.78 is 34.0. The molecule has 0 saturated heterocycles. The summed E-state index contributed by atoms with van der Waals surface area (Å²) in [6.07, 6.45) is -0.698. The number of anilines is 1. The Balaban J connectivity index is 1.49. The van der Waals surface area contributed by atoms with Crippen LogP contribution < -0.4 is 20.7 Å². The van der Waals surface area contributed by atoms with E-state index in [-0.39, 0.29) is 53.8 Å². The monoisotopic (exact) mass is 631 g/mol. The zero-order chi connectivity index (χ0) is 32.5. The molecule has 5 heterocycles. The summed E-state index contributed by atoms with van der Waals surface area (Å²) in [5.41, 5.74) is 1.66. The lowest BCUT2D eigenvalue weighted by atomic mass is 9.72. The first-order valence-corrected chi connectivity index (χ1v) is 15.2. The van der Waals surface area contributed by atoms with E-state index in [4.69, 9.17) is 18.6 Å². The van der Waals surface area contributed by atoms with Crippen LogP contribution in [0.5, 0.6) is 5.75 Å². The van der Waals surface area contributed by atoms with Gasteiger partial charge in [-0.25, -0.2) is 14.4 Å². The lowest BCUT2D eigenvalue weighted by Crippen LogP contribution is -2.52. The number of benzene rings is 2. The van der Waals surface area contributed by atoms with Gasteiger partial charge in [0.2, 0.25) is 23.6 Å². The minimum atomic E-state index is -1.31. The Labute approximate surface area is 263 Å². The molecule has 4 aromatic rings. The summed E-state index contributed by atoms with van der Waals surface area (Å²) in [5.74, 6) is -1.29. The molecule has 0 radical (unpaired) electrons. The van der Waals surface area contributed by atoms with Crippen LogP contribution in [-0.2, 0) is 28.0 Å². The predicted molar refractivity (Wildman–Crippen MR) is 161 cm³/mol. The second-order valence-corrected chi connectivity index (χ2v) is 12.7. The van der Waals surface area contributed by atoms with E-state index in [9.17, 15) is 19.8 Å². The number of oxazole rings is 2. The fourth-order valence-electron chi connectivity index (χ4n) is 6.51. The number of aliphatic hydroxyl groups excluding tert-OH is 2. The SMILES string of the molecule is CC(C)C1NC(=O)[C@@H](NC(=O)[C@@H](O)C(C)C)Cc2ccc3c(c2)[C@@]2(c4cc(F)ccc4NC2O3)c2oc1nc2-c1nc(CO)co1. The van der Waals surface area contributed by atoms with Gasteiger partial charge in [0.25, 0.3) is 0 Å². The number of halogens is 1. The summed E-state index contributed by atoms with van der Waals surface area (Å²) >= 11 is 0. The summed E-state index contributed by atoms with van der Waals surface area (Å²) in [6, 6.07) is 7.99. The smallest absolute Gasteiger partial charge is 0.249 e. The summed E-state index contributed by atoms with van der Waals surface area (Å²) in [5, 5.41) is 29.3. The zero-order valence-corrected chi connectivity index (χ0v) is 25.6. The molecule has 0 aliphatic carbocycles. The minimum Gasteiger partial charge on any atom is -0.469 e. The third-order valence-electron chi connectivity index (χ3n) is 8.92. The second-order valence-electron chi connectivity index (χ2n) is 12.7. The van der Waals surface area contributed by atoms with Crippen molar-refractivity contribution >= 4 is 17.5 Å².